The van der Waals surface area contributed by atoms with E-state index >= 15 is 0 Å². The molecule has 0 aromatic heterocycles. The predicted octanol–water partition coefficient (Wildman–Crippen LogP) is 2.50. The van der Waals surface area contributed by atoms with E-state index in [-0.39, 0.29) is 17.7 Å². The summed E-state index contributed by atoms with van der Waals surface area (Å²) in [6.07, 6.45) is 0.671. The normalized spacial score (nSPS) is 32.0. The maximum Gasteiger partial charge on any atom is 0.407 e. The Labute approximate surface area is 124 Å². The van der Waals surface area contributed by atoms with E-state index in [9.17, 15) is 9.90 Å². The van der Waals surface area contributed by atoms with Crippen molar-refractivity contribution in [2.24, 2.45) is 0 Å². The van der Waals surface area contributed by atoms with Gasteiger partial charge in [0.25, 0.3) is 0 Å². The highest BCUT2D eigenvalue weighted by Crippen LogP contribution is 2.42. The number of hydrogen-bond donors (Lipinski definition) is 1. The van der Waals surface area contributed by atoms with Gasteiger partial charge in [-0.25, -0.2) is 4.79 Å². The topological polar surface area (TPSA) is 59.0 Å². The van der Waals surface area contributed by atoms with Crippen LogP contribution in [0.4, 0.5) is 4.79 Å². The summed E-state index contributed by atoms with van der Waals surface area (Å²) < 4.78 is 11.5. The molecule has 1 atom stereocenters. The van der Waals surface area contributed by atoms with Gasteiger partial charge in [0.05, 0.1) is 37.5 Å². The van der Waals surface area contributed by atoms with Crippen LogP contribution in [0.1, 0.15) is 25.3 Å². The van der Waals surface area contributed by atoms with Crippen LogP contribution >= 0.6 is 0 Å². The van der Waals surface area contributed by atoms with Crippen LogP contribution in [0.3, 0.4) is 0 Å². The first kappa shape index (κ1) is 14.4. The molecule has 1 saturated carbocycles. The van der Waals surface area contributed by atoms with Gasteiger partial charge in [-0.15, -0.1) is 0 Å². The molecular formula is C16H21NO4. The molecule has 1 aliphatic heterocycles. The van der Waals surface area contributed by atoms with Crippen molar-refractivity contribution in [3.63, 3.8) is 0 Å². The first-order valence-corrected chi connectivity index (χ1v) is 7.37. The molecule has 1 aromatic carbocycles. The van der Waals surface area contributed by atoms with Crippen LogP contribution in [-0.2, 0) is 16.1 Å². The number of benzene rings is 1. The lowest BCUT2D eigenvalue weighted by molar-refractivity contribution is -0.173. The third-order valence-electron chi connectivity index (χ3n) is 4.42. The van der Waals surface area contributed by atoms with Gasteiger partial charge < -0.3 is 14.6 Å². The second-order valence-corrected chi connectivity index (χ2v) is 6.07. The van der Waals surface area contributed by atoms with Crippen molar-refractivity contribution in [2.45, 2.75) is 44.1 Å². The summed E-state index contributed by atoms with van der Waals surface area (Å²) in [4.78, 5) is 13.0. The van der Waals surface area contributed by atoms with Crippen LogP contribution < -0.4 is 0 Å². The number of amides is 1. The lowest BCUT2D eigenvalue weighted by atomic mass is 9.72. The summed E-state index contributed by atoms with van der Waals surface area (Å²) in [5.41, 5.74) is 0.765. The molecule has 2 fully saturated rings. The van der Waals surface area contributed by atoms with Gasteiger partial charge in [-0.1, -0.05) is 30.3 Å². The first-order chi connectivity index (χ1) is 10.1. The van der Waals surface area contributed by atoms with Crippen molar-refractivity contribution >= 4 is 6.09 Å². The van der Waals surface area contributed by atoms with Crippen molar-refractivity contribution in [3.8, 4) is 0 Å². The molecule has 1 heterocycles. The van der Waals surface area contributed by atoms with Crippen LogP contribution in [0.5, 0.6) is 0 Å². The molecule has 0 bridgehead atoms. The largest absolute Gasteiger partial charge is 0.465 e. The van der Waals surface area contributed by atoms with Crippen LogP contribution in [0.15, 0.2) is 30.3 Å². The van der Waals surface area contributed by atoms with Gasteiger partial charge in [-0.05, 0) is 25.3 Å². The Kier molecular flexibility index (Phi) is 3.87. The Bertz CT molecular complexity index is 498. The number of morpholine rings is 1. The lowest BCUT2D eigenvalue weighted by Crippen LogP contribution is -2.68. The summed E-state index contributed by atoms with van der Waals surface area (Å²) >= 11 is 0. The Balaban J connectivity index is 1.55. The number of carbonyl (C=O) groups is 1. The molecule has 5 heteroatoms. The average molecular weight is 291 g/mol. The fourth-order valence-corrected chi connectivity index (χ4v) is 3.19. The number of carboxylic acid groups (broad SMARTS) is 1. The summed E-state index contributed by atoms with van der Waals surface area (Å²) in [5, 5.41) is 9.38. The predicted molar refractivity (Wildman–Crippen MR) is 77.1 cm³/mol. The van der Waals surface area contributed by atoms with Gasteiger partial charge in [0.2, 0.25) is 0 Å². The number of ether oxygens (including phenoxy) is 2. The maximum absolute atomic E-state index is 11.4. The molecule has 1 aromatic rings. The number of rotatable bonds is 3. The molecule has 1 saturated heterocycles. The van der Waals surface area contributed by atoms with Crippen molar-refractivity contribution in [2.75, 3.05) is 13.2 Å². The van der Waals surface area contributed by atoms with E-state index in [0.29, 0.717) is 19.8 Å². The Morgan fingerprint density at radius 1 is 1.43 bits per heavy atom. The molecule has 1 unspecified atom stereocenters. The standard InChI is InChI=1S/C16H21NO4/c1-12-9-17(15(18)19)16(11-21-12)7-14(8-16)20-10-13-5-3-2-4-6-13/h2-6,12,14H,7-11H2,1H3,(H,18,19). The third kappa shape index (κ3) is 2.89. The first-order valence-electron chi connectivity index (χ1n) is 7.37. The van der Waals surface area contributed by atoms with E-state index in [2.05, 4.69) is 0 Å². The number of nitrogens with zero attached hydrogens (tertiary/aromatic N) is 1. The van der Waals surface area contributed by atoms with E-state index < -0.39 is 6.09 Å². The molecule has 3 rings (SSSR count). The molecule has 1 aliphatic carbocycles. The molecule has 114 valence electrons. The molecule has 21 heavy (non-hydrogen) atoms. The average Bonchev–Trinajstić information content (AvgIpc) is 2.45. The molecular weight excluding hydrogens is 270 g/mol. The zero-order chi connectivity index (χ0) is 14.9. The zero-order valence-electron chi connectivity index (χ0n) is 12.2. The van der Waals surface area contributed by atoms with Gasteiger partial charge in [0, 0.05) is 0 Å². The Hall–Kier alpha value is -1.59. The summed E-state index contributed by atoms with van der Waals surface area (Å²) in [6, 6.07) is 10.0. The van der Waals surface area contributed by atoms with Gasteiger partial charge in [-0.3, -0.25) is 4.90 Å². The summed E-state index contributed by atoms with van der Waals surface area (Å²) in [6.45, 7) is 3.41. The molecule has 0 radical (unpaired) electrons. The maximum atomic E-state index is 11.4. The van der Waals surface area contributed by atoms with Crippen LogP contribution in [0, 0.1) is 0 Å². The minimum absolute atomic E-state index is 0.0315. The van der Waals surface area contributed by atoms with E-state index in [0.717, 1.165) is 18.4 Å². The van der Waals surface area contributed by atoms with E-state index in [4.69, 9.17) is 9.47 Å². The van der Waals surface area contributed by atoms with E-state index in [1.807, 2.05) is 37.3 Å². The zero-order valence-corrected chi connectivity index (χ0v) is 12.2. The van der Waals surface area contributed by atoms with Gasteiger partial charge in [0.1, 0.15) is 0 Å². The van der Waals surface area contributed by atoms with Crippen molar-refractivity contribution in [1.82, 2.24) is 4.90 Å². The van der Waals surface area contributed by atoms with Crippen molar-refractivity contribution < 1.29 is 19.4 Å². The van der Waals surface area contributed by atoms with Crippen LogP contribution in [0.2, 0.25) is 0 Å². The highest BCUT2D eigenvalue weighted by molar-refractivity contribution is 5.66. The van der Waals surface area contributed by atoms with Gasteiger partial charge in [-0.2, -0.15) is 0 Å². The summed E-state index contributed by atoms with van der Waals surface area (Å²) in [7, 11) is 0. The second kappa shape index (κ2) is 5.66. The smallest absolute Gasteiger partial charge is 0.407 e. The van der Waals surface area contributed by atoms with Gasteiger partial charge >= 0.3 is 6.09 Å². The fraction of sp³-hybridized carbons (Fsp3) is 0.562. The van der Waals surface area contributed by atoms with Crippen molar-refractivity contribution in [1.29, 1.82) is 0 Å². The molecule has 1 spiro atoms. The lowest BCUT2D eigenvalue weighted by Gasteiger charge is -2.55. The Morgan fingerprint density at radius 3 is 2.81 bits per heavy atom. The second-order valence-electron chi connectivity index (χ2n) is 6.07. The molecule has 2 aliphatic rings. The molecule has 1 amide bonds. The molecule has 1 N–H and O–H groups in total. The minimum Gasteiger partial charge on any atom is -0.465 e. The SMILES string of the molecule is CC1CN(C(=O)O)C2(CO1)CC(OCc1ccccc1)C2. The number of hydrogen-bond acceptors (Lipinski definition) is 3. The highest BCUT2D eigenvalue weighted by atomic mass is 16.5. The Morgan fingerprint density at radius 2 is 2.14 bits per heavy atom. The highest BCUT2D eigenvalue weighted by Gasteiger charge is 2.53. The molecule has 5 nitrogen and oxygen atoms in total. The van der Waals surface area contributed by atoms with E-state index in [1.165, 1.54) is 0 Å². The third-order valence-corrected chi connectivity index (χ3v) is 4.42. The van der Waals surface area contributed by atoms with Crippen LogP contribution in [0.25, 0.3) is 0 Å². The van der Waals surface area contributed by atoms with Crippen molar-refractivity contribution in [3.05, 3.63) is 35.9 Å². The summed E-state index contributed by atoms with van der Waals surface area (Å²) in [5.74, 6) is 0. The monoisotopic (exact) mass is 291 g/mol. The fourth-order valence-electron chi connectivity index (χ4n) is 3.19. The van der Waals surface area contributed by atoms with Crippen LogP contribution in [-0.4, -0.2) is 47.0 Å². The van der Waals surface area contributed by atoms with E-state index in [1.54, 1.807) is 4.90 Å². The minimum atomic E-state index is -0.855. The quantitative estimate of drug-likeness (QED) is 0.929. The van der Waals surface area contributed by atoms with Gasteiger partial charge in [0.15, 0.2) is 0 Å².